The summed E-state index contributed by atoms with van der Waals surface area (Å²) in [6.45, 7) is 3.63. The summed E-state index contributed by atoms with van der Waals surface area (Å²) in [6.07, 6.45) is 4.06. The maximum atomic E-state index is 11.8. The van der Waals surface area contributed by atoms with E-state index in [9.17, 15) is 4.79 Å². The fourth-order valence-corrected chi connectivity index (χ4v) is 2.66. The van der Waals surface area contributed by atoms with Gasteiger partial charge in [0.2, 0.25) is 5.91 Å². The molecule has 0 saturated carbocycles. The van der Waals surface area contributed by atoms with Crippen molar-refractivity contribution in [2.75, 3.05) is 13.2 Å². The highest BCUT2D eigenvalue weighted by atomic mass is 35.5. The molecule has 0 spiro atoms. The van der Waals surface area contributed by atoms with E-state index < -0.39 is 0 Å². The predicted molar refractivity (Wildman–Crippen MR) is 90.1 cm³/mol. The molecule has 1 heterocycles. The molecule has 5 heteroatoms. The summed E-state index contributed by atoms with van der Waals surface area (Å²) in [4.78, 5) is 11.8. The second-order valence-corrected chi connectivity index (χ2v) is 6.17. The molecule has 0 fully saturated rings. The summed E-state index contributed by atoms with van der Waals surface area (Å²) in [5, 5.41) is 13.6. The SMILES string of the molecule is CC(CCO)CNC(=O)CCCn1ccc2cc(Cl)ccc21. The Balaban J connectivity index is 1.77. The van der Waals surface area contributed by atoms with Crippen LogP contribution in [0.3, 0.4) is 0 Å². The number of nitrogens with zero attached hydrogens (tertiary/aromatic N) is 1. The monoisotopic (exact) mass is 322 g/mol. The van der Waals surface area contributed by atoms with Crippen molar-refractivity contribution in [3.05, 3.63) is 35.5 Å². The fraction of sp³-hybridized carbons (Fsp3) is 0.471. The molecule has 1 unspecified atom stereocenters. The lowest BCUT2D eigenvalue weighted by Crippen LogP contribution is -2.28. The average molecular weight is 323 g/mol. The van der Waals surface area contributed by atoms with Crippen molar-refractivity contribution in [2.24, 2.45) is 5.92 Å². The Morgan fingerprint density at radius 3 is 3.00 bits per heavy atom. The maximum absolute atomic E-state index is 11.8. The fourth-order valence-electron chi connectivity index (χ4n) is 2.47. The lowest BCUT2D eigenvalue weighted by atomic mass is 10.1. The van der Waals surface area contributed by atoms with Gasteiger partial charge in [0, 0.05) is 48.2 Å². The first-order valence-corrected chi connectivity index (χ1v) is 8.10. The Morgan fingerprint density at radius 2 is 2.23 bits per heavy atom. The van der Waals surface area contributed by atoms with Crippen LogP contribution < -0.4 is 5.32 Å². The topological polar surface area (TPSA) is 54.3 Å². The van der Waals surface area contributed by atoms with Crippen molar-refractivity contribution in [2.45, 2.75) is 32.7 Å². The number of hydrogen-bond donors (Lipinski definition) is 2. The molecule has 0 aliphatic heterocycles. The van der Waals surface area contributed by atoms with Gasteiger partial charge in [-0.15, -0.1) is 0 Å². The zero-order chi connectivity index (χ0) is 15.9. The smallest absolute Gasteiger partial charge is 0.220 e. The van der Waals surface area contributed by atoms with Crippen molar-refractivity contribution in [3.8, 4) is 0 Å². The van der Waals surface area contributed by atoms with Crippen molar-refractivity contribution < 1.29 is 9.90 Å². The Bertz CT molecular complexity index is 624. The molecule has 1 amide bonds. The number of aliphatic hydroxyl groups excluding tert-OH is 1. The van der Waals surface area contributed by atoms with Gasteiger partial charge in [-0.3, -0.25) is 4.79 Å². The number of rotatable bonds is 8. The molecule has 1 aromatic carbocycles. The van der Waals surface area contributed by atoms with E-state index in [0.717, 1.165) is 35.3 Å². The largest absolute Gasteiger partial charge is 0.396 e. The van der Waals surface area contributed by atoms with Crippen LogP contribution in [0.2, 0.25) is 5.02 Å². The molecule has 2 aromatic rings. The lowest BCUT2D eigenvalue weighted by molar-refractivity contribution is -0.121. The highest BCUT2D eigenvalue weighted by Gasteiger charge is 2.06. The van der Waals surface area contributed by atoms with Gasteiger partial charge in [0.25, 0.3) is 0 Å². The third-order valence-corrected chi connectivity index (χ3v) is 4.04. The van der Waals surface area contributed by atoms with Crippen LogP contribution >= 0.6 is 11.6 Å². The molecule has 1 aromatic heterocycles. The van der Waals surface area contributed by atoms with Crippen molar-refractivity contribution in [1.82, 2.24) is 9.88 Å². The number of aliphatic hydroxyl groups is 1. The number of nitrogens with one attached hydrogen (secondary N) is 1. The Labute approximate surface area is 136 Å². The number of benzene rings is 1. The quantitative estimate of drug-likeness (QED) is 0.784. The van der Waals surface area contributed by atoms with Crippen molar-refractivity contribution in [1.29, 1.82) is 0 Å². The zero-order valence-corrected chi connectivity index (χ0v) is 13.6. The van der Waals surface area contributed by atoms with Crippen LogP contribution in [0.4, 0.5) is 0 Å². The number of carbonyl (C=O) groups excluding carboxylic acids is 1. The molecule has 0 bridgehead atoms. The molecule has 2 N–H and O–H groups in total. The number of fused-ring (bicyclic) bond motifs is 1. The van der Waals surface area contributed by atoms with E-state index >= 15 is 0 Å². The minimum Gasteiger partial charge on any atom is -0.396 e. The maximum Gasteiger partial charge on any atom is 0.220 e. The third kappa shape index (κ3) is 4.75. The highest BCUT2D eigenvalue weighted by molar-refractivity contribution is 6.31. The number of carbonyl (C=O) groups is 1. The molecule has 22 heavy (non-hydrogen) atoms. The molecule has 120 valence electrons. The van der Waals surface area contributed by atoms with Crippen LogP contribution in [-0.4, -0.2) is 28.7 Å². The molecule has 0 saturated heterocycles. The van der Waals surface area contributed by atoms with E-state index in [1.54, 1.807) is 0 Å². The van der Waals surface area contributed by atoms with E-state index in [1.165, 1.54) is 0 Å². The zero-order valence-electron chi connectivity index (χ0n) is 12.9. The molecule has 0 radical (unpaired) electrons. The molecule has 0 aliphatic carbocycles. The van der Waals surface area contributed by atoms with Gasteiger partial charge >= 0.3 is 0 Å². The lowest BCUT2D eigenvalue weighted by Gasteiger charge is -2.11. The molecule has 1 atom stereocenters. The average Bonchev–Trinajstić information content (AvgIpc) is 2.88. The highest BCUT2D eigenvalue weighted by Crippen LogP contribution is 2.20. The van der Waals surface area contributed by atoms with Gasteiger partial charge in [0.1, 0.15) is 0 Å². The molecule has 2 rings (SSSR count). The van der Waals surface area contributed by atoms with Gasteiger partial charge in [-0.25, -0.2) is 0 Å². The Hall–Kier alpha value is -1.52. The third-order valence-electron chi connectivity index (χ3n) is 3.81. The van der Waals surface area contributed by atoms with Crippen LogP contribution in [0.15, 0.2) is 30.5 Å². The Morgan fingerprint density at radius 1 is 1.41 bits per heavy atom. The number of aromatic nitrogens is 1. The van der Waals surface area contributed by atoms with Crippen molar-refractivity contribution >= 4 is 28.4 Å². The summed E-state index contributed by atoms with van der Waals surface area (Å²) in [6, 6.07) is 7.88. The number of hydrogen-bond acceptors (Lipinski definition) is 2. The first-order chi connectivity index (χ1) is 10.6. The van der Waals surface area contributed by atoms with Crippen LogP contribution in [0, 0.1) is 5.92 Å². The minimum atomic E-state index is 0.0734. The van der Waals surface area contributed by atoms with Gasteiger partial charge in [-0.1, -0.05) is 18.5 Å². The van der Waals surface area contributed by atoms with Gasteiger partial charge in [0.15, 0.2) is 0 Å². The van der Waals surface area contributed by atoms with Crippen LogP contribution in [0.1, 0.15) is 26.2 Å². The molecule has 4 nitrogen and oxygen atoms in total. The first-order valence-electron chi connectivity index (χ1n) is 7.72. The summed E-state index contributed by atoms with van der Waals surface area (Å²) in [5.74, 6) is 0.386. The van der Waals surface area contributed by atoms with Crippen molar-refractivity contribution in [3.63, 3.8) is 0 Å². The van der Waals surface area contributed by atoms with Crippen LogP contribution in [-0.2, 0) is 11.3 Å². The standard InChI is InChI=1S/C17H23ClN2O2/c1-13(7-10-21)12-19-17(22)3-2-8-20-9-6-14-11-15(18)4-5-16(14)20/h4-6,9,11,13,21H,2-3,7-8,10,12H2,1H3,(H,19,22). The van der Waals surface area contributed by atoms with Gasteiger partial charge in [-0.2, -0.15) is 0 Å². The van der Waals surface area contributed by atoms with E-state index in [4.69, 9.17) is 16.7 Å². The van der Waals surface area contributed by atoms with Gasteiger partial charge in [-0.05, 0) is 43.0 Å². The number of halogens is 1. The van der Waals surface area contributed by atoms with Crippen LogP contribution in [0.25, 0.3) is 10.9 Å². The second kappa shape index (κ2) is 8.20. The second-order valence-electron chi connectivity index (χ2n) is 5.74. The molecular weight excluding hydrogens is 300 g/mol. The predicted octanol–water partition coefficient (Wildman–Crippen LogP) is 3.21. The van der Waals surface area contributed by atoms with Gasteiger partial charge in [0.05, 0.1) is 0 Å². The van der Waals surface area contributed by atoms with Crippen LogP contribution in [0.5, 0.6) is 0 Å². The summed E-state index contributed by atoms with van der Waals surface area (Å²) in [7, 11) is 0. The normalized spacial score (nSPS) is 12.5. The number of aryl methyl sites for hydroxylation is 1. The first kappa shape index (κ1) is 16.8. The number of amides is 1. The van der Waals surface area contributed by atoms with E-state index in [2.05, 4.69) is 9.88 Å². The van der Waals surface area contributed by atoms with E-state index in [-0.39, 0.29) is 12.5 Å². The summed E-state index contributed by atoms with van der Waals surface area (Å²) in [5.41, 5.74) is 1.14. The molecule has 0 aliphatic rings. The van der Waals surface area contributed by atoms with E-state index in [1.807, 2.05) is 37.4 Å². The van der Waals surface area contributed by atoms with E-state index in [0.29, 0.717) is 18.9 Å². The summed E-state index contributed by atoms with van der Waals surface area (Å²) >= 11 is 5.98. The summed E-state index contributed by atoms with van der Waals surface area (Å²) < 4.78 is 2.15. The molecular formula is C17H23ClN2O2. The Kier molecular flexibility index (Phi) is 6.28. The van der Waals surface area contributed by atoms with Gasteiger partial charge < -0.3 is 15.0 Å². The minimum absolute atomic E-state index is 0.0734.